The van der Waals surface area contributed by atoms with E-state index in [4.69, 9.17) is 14.6 Å². The van der Waals surface area contributed by atoms with Gasteiger partial charge in [-0.25, -0.2) is 0 Å². The van der Waals surface area contributed by atoms with Crippen LogP contribution in [0.2, 0.25) is 12.1 Å². The van der Waals surface area contributed by atoms with Gasteiger partial charge in [-0.05, 0) is 37.9 Å². The predicted molar refractivity (Wildman–Crippen MR) is 71.8 cm³/mol. The van der Waals surface area contributed by atoms with Crippen LogP contribution in [0.3, 0.4) is 0 Å². The quantitative estimate of drug-likeness (QED) is 0.451. The molecule has 16 heavy (non-hydrogen) atoms. The van der Waals surface area contributed by atoms with Gasteiger partial charge < -0.3 is 14.6 Å². The Labute approximate surface area is 102 Å². The monoisotopic (exact) mass is 247 g/mol. The van der Waals surface area contributed by atoms with E-state index in [2.05, 4.69) is 20.8 Å². The van der Waals surface area contributed by atoms with E-state index in [1.165, 1.54) is 0 Å². The molecule has 0 amide bonds. The Morgan fingerprint density at radius 3 is 1.88 bits per heavy atom. The van der Waals surface area contributed by atoms with Crippen LogP contribution in [0.1, 0.15) is 46.5 Å². The molecular formula is C12H29NO2Si. The molecule has 0 aliphatic heterocycles. The van der Waals surface area contributed by atoms with Crippen LogP contribution in [-0.2, 0) is 8.85 Å². The summed E-state index contributed by atoms with van der Waals surface area (Å²) < 4.78 is 12.1. The van der Waals surface area contributed by atoms with E-state index in [1.807, 2.05) is 0 Å². The minimum atomic E-state index is -1.90. The molecule has 0 unspecified atom stereocenters. The maximum absolute atomic E-state index is 6.05. The highest BCUT2D eigenvalue weighted by molar-refractivity contribution is 6.67. The Bertz CT molecular complexity index is 148. The van der Waals surface area contributed by atoms with E-state index >= 15 is 0 Å². The fourth-order valence-corrected chi connectivity index (χ4v) is 4.76. The Morgan fingerprint density at radius 1 is 0.938 bits per heavy atom. The molecule has 0 fully saturated rings. The van der Waals surface area contributed by atoms with Crippen LogP contribution in [0.5, 0.6) is 0 Å². The first kappa shape index (κ1) is 16.1. The molecule has 0 saturated heterocycles. The average molecular weight is 247 g/mol. The van der Waals surface area contributed by atoms with Crippen LogP contribution in [0, 0.1) is 0 Å². The maximum atomic E-state index is 6.05. The van der Waals surface area contributed by atoms with Crippen molar-refractivity contribution >= 4 is 8.56 Å². The lowest BCUT2D eigenvalue weighted by Crippen LogP contribution is -2.42. The molecule has 3 nitrogen and oxygen atoms in total. The lowest BCUT2D eigenvalue weighted by atomic mass is 10.3. The van der Waals surface area contributed by atoms with Gasteiger partial charge in [0.25, 0.3) is 0 Å². The zero-order valence-electron chi connectivity index (χ0n) is 11.3. The zero-order chi connectivity index (χ0) is 12.3. The van der Waals surface area contributed by atoms with Crippen molar-refractivity contribution < 1.29 is 8.85 Å². The van der Waals surface area contributed by atoms with Gasteiger partial charge in [-0.3, -0.25) is 0 Å². The van der Waals surface area contributed by atoms with Crippen LogP contribution in [0.15, 0.2) is 0 Å². The van der Waals surface area contributed by atoms with Gasteiger partial charge in [0.05, 0.1) is 0 Å². The topological polar surface area (TPSA) is 44.5 Å². The third-order valence-corrected chi connectivity index (χ3v) is 6.34. The van der Waals surface area contributed by atoms with Gasteiger partial charge in [-0.15, -0.1) is 0 Å². The van der Waals surface area contributed by atoms with Crippen LogP contribution in [-0.4, -0.2) is 28.3 Å². The second-order valence-electron chi connectivity index (χ2n) is 4.21. The van der Waals surface area contributed by atoms with Gasteiger partial charge in [0.2, 0.25) is 0 Å². The molecule has 0 heterocycles. The van der Waals surface area contributed by atoms with Gasteiger partial charge in [-0.1, -0.05) is 27.2 Å². The highest BCUT2D eigenvalue weighted by Crippen LogP contribution is 2.22. The van der Waals surface area contributed by atoms with Crippen molar-refractivity contribution in [3.05, 3.63) is 0 Å². The lowest BCUT2D eigenvalue weighted by molar-refractivity contribution is 0.167. The number of nitrogens with two attached hydrogens (primary N) is 1. The third kappa shape index (κ3) is 6.63. The summed E-state index contributed by atoms with van der Waals surface area (Å²) in [4.78, 5) is 0. The van der Waals surface area contributed by atoms with Crippen molar-refractivity contribution in [2.45, 2.75) is 58.5 Å². The van der Waals surface area contributed by atoms with Crippen molar-refractivity contribution in [2.24, 2.45) is 5.73 Å². The van der Waals surface area contributed by atoms with E-state index in [1.54, 1.807) is 0 Å². The second-order valence-corrected chi connectivity index (χ2v) is 7.81. The smallest absolute Gasteiger partial charge is 0.337 e. The molecule has 0 rings (SSSR count). The molecule has 0 atom stereocenters. The van der Waals surface area contributed by atoms with E-state index in [9.17, 15) is 0 Å². The summed E-state index contributed by atoms with van der Waals surface area (Å²) in [6.07, 6.45) is 4.37. The summed E-state index contributed by atoms with van der Waals surface area (Å²) in [5, 5.41) is 0. The van der Waals surface area contributed by atoms with Crippen LogP contribution < -0.4 is 5.73 Å². The van der Waals surface area contributed by atoms with Crippen molar-refractivity contribution in [1.29, 1.82) is 0 Å². The number of hydrogen-bond donors (Lipinski definition) is 1. The number of unbranched alkanes of at least 4 members (excludes halogenated alkanes) is 1. The Morgan fingerprint density at radius 2 is 1.50 bits per heavy atom. The molecule has 0 aliphatic rings. The van der Waals surface area contributed by atoms with E-state index in [-0.39, 0.29) is 0 Å². The third-order valence-electron chi connectivity index (χ3n) is 2.69. The largest absolute Gasteiger partial charge is 0.394 e. The summed E-state index contributed by atoms with van der Waals surface area (Å²) in [5.41, 5.74) is 5.53. The molecule has 2 N–H and O–H groups in total. The molecule has 98 valence electrons. The second kappa shape index (κ2) is 10.3. The fraction of sp³-hybridized carbons (Fsp3) is 1.00. The summed E-state index contributed by atoms with van der Waals surface area (Å²) in [6, 6.07) is 2.15. The summed E-state index contributed by atoms with van der Waals surface area (Å²) >= 11 is 0. The van der Waals surface area contributed by atoms with Crippen molar-refractivity contribution in [3.63, 3.8) is 0 Å². The highest BCUT2D eigenvalue weighted by atomic mass is 28.4. The van der Waals surface area contributed by atoms with Crippen LogP contribution in [0.4, 0.5) is 0 Å². The predicted octanol–water partition coefficient (Wildman–Crippen LogP) is 3.04. The van der Waals surface area contributed by atoms with E-state index in [0.717, 1.165) is 57.5 Å². The Balaban J connectivity index is 4.16. The number of rotatable bonds is 11. The minimum absolute atomic E-state index is 0.774. The standard InChI is InChI=1S/C12H29NO2Si/c1-4-10-14-16(6-3,15-11-5-2)12-8-7-9-13/h4-13H2,1-3H3. The maximum Gasteiger partial charge on any atom is 0.337 e. The molecule has 0 bridgehead atoms. The first-order valence-corrected chi connectivity index (χ1v) is 8.95. The van der Waals surface area contributed by atoms with Gasteiger partial charge in [0.15, 0.2) is 0 Å². The van der Waals surface area contributed by atoms with Gasteiger partial charge >= 0.3 is 8.56 Å². The summed E-state index contributed by atoms with van der Waals surface area (Å²) in [5.74, 6) is 0. The Hall–Kier alpha value is 0.0969. The molecule has 0 aromatic carbocycles. The van der Waals surface area contributed by atoms with E-state index < -0.39 is 8.56 Å². The lowest BCUT2D eigenvalue weighted by Gasteiger charge is -2.29. The van der Waals surface area contributed by atoms with Crippen molar-refractivity contribution in [3.8, 4) is 0 Å². The Kier molecular flexibility index (Phi) is 10.3. The van der Waals surface area contributed by atoms with Crippen molar-refractivity contribution in [1.82, 2.24) is 0 Å². The first-order chi connectivity index (χ1) is 7.74. The van der Waals surface area contributed by atoms with Gasteiger partial charge in [0.1, 0.15) is 0 Å². The SMILES string of the molecule is CCCO[Si](CC)(CCCCN)OCCC. The average Bonchev–Trinajstić information content (AvgIpc) is 2.32. The molecule has 0 saturated carbocycles. The molecule has 0 radical (unpaired) electrons. The normalized spacial score (nSPS) is 12.0. The first-order valence-electron chi connectivity index (χ1n) is 6.72. The van der Waals surface area contributed by atoms with Crippen molar-refractivity contribution in [2.75, 3.05) is 19.8 Å². The molecule has 0 aliphatic carbocycles. The van der Waals surface area contributed by atoms with E-state index in [0.29, 0.717) is 0 Å². The zero-order valence-corrected chi connectivity index (χ0v) is 12.3. The van der Waals surface area contributed by atoms with Gasteiger partial charge in [-0.2, -0.15) is 0 Å². The molecule has 0 aromatic rings. The number of hydrogen-bond acceptors (Lipinski definition) is 3. The van der Waals surface area contributed by atoms with Crippen LogP contribution in [0.25, 0.3) is 0 Å². The molecule has 0 spiro atoms. The van der Waals surface area contributed by atoms with Gasteiger partial charge in [0, 0.05) is 13.2 Å². The highest BCUT2D eigenvalue weighted by Gasteiger charge is 2.34. The minimum Gasteiger partial charge on any atom is -0.394 e. The molecular weight excluding hydrogens is 218 g/mol. The summed E-state index contributed by atoms with van der Waals surface area (Å²) in [6.45, 7) is 8.94. The fourth-order valence-electron chi connectivity index (χ4n) is 1.68. The summed E-state index contributed by atoms with van der Waals surface area (Å²) in [7, 11) is -1.90. The molecule has 4 heteroatoms. The molecule has 0 aromatic heterocycles. The van der Waals surface area contributed by atoms with Crippen LogP contribution >= 0.6 is 0 Å².